The van der Waals surface area contributed by atoms with Crippen LogP contribution < -0.4 is 0 Å². The van der Waals surface area contributed by atoms with Crippen LogP contribution in [-0.4, -0.2) is 21.8 Å². The van der Waals surface area contributed by atoms with Crippen molar-refractivity contribution in [1.82, 2.24) is 4.90 Å². The zero-order chi connectivity index (χ0) is 10.3. The minimum atomic E-state index is -1.13. The highest BCUT2D eigenvalue weighted by Gasteiger charge is 2.37. The molecule has 1 aliphatic heterocycles. The van der Waals surface area contributed by atoms with Gasteiger partial charge in [0.1, 0.15) is 0 Å². The van der Waals surface area contributed by atoms with Gasteiger partial charge in [0.2, 0.25) is 5.91 Å². The van der Waals surface area contributed by atoms with Gasteiger partial charge in [0.15, 0.2) is 6.23 Å². The van der Waals surface area contributed by atoms with Gasteiger partial charge < -0.3 is 5.11 Å². The van der Waals surface area contributed by atoms with Crippen molar-refractivity contribution in [3.8, 4) is 0 Å². The summed E-state index contributed by atoms with van der Waals surface area (Å²) >= 11 is 0. The lowest BCUT2D eigenvalue weighted by atomic mass is 10.1. The molecule has 1 heterocycles. The Morgan fingerprint density at radius 1 is 1.43 bits per heavy atom. The van der Waals surface area contributed by atoms with Gasteiger partial charge in [0.05, 0.1) is 0 Å². The van der Waals surface area contributed by atoms with Gasteiger partial charge in [-0.05, 0) is 6.07 Å². The molecule has 14 heavy (non-hydrogen) atoms. The highest BCUT2D eigenvalue weighted by atomic mass is 16.3. The highest BCUT2D eigenvalue weighted by molar-refractivity contribution is 6.07. The highest BCUT2D eigenvalue weighted by Crippen LogP contribution is 2.30. The van der Waals surface area contributed by atoms with Crippen molar-refractivity contribution in [1.29, 1.82) is 0 Å². The molecule has 0 saturated heterocycles. The summed E-state index contributed by atoms with van der Waals surface area (Å²) in [4.78, 5) is 23.5. The Labute approximate surface area is 80.8 Å². The third-order valence-electron chi connectivity index (χ3n) is 2.27. The second kappa shape index (κ2) is 2.92. The topological polar surface area (TPSA) is 57.6 Å². The first-order valence-corrected chi connectivity index (χ1v) is 4.24. The molecule has 0 aromatic heterocycles. The average molecular weight is 191 g/mol. The van der Waals surface area contributed by atoms with E-state index in [-0.39, 0.29) is 0 Å². The number of aliphatic hydroxyl groups excluding tert-OH is 1. The summed E-state index contributed by atoms with van der Waals surface area (Å²) < 4.78 is 0. The Morgan fingerprint density at radius 2 is 2.07 bits per heavy atom. The number of carbonyl (C=O) groups is 2. The van der Waals surface area contributed by atoms with E-state index in [4.69, 9.17) is 0 Å². The zero-order valence-corrected chi connectivity index (χ0v) is 7.60. The fourth-order valence-corrected chi connectivity index (χ4v) is 1.61. The molecule has 1 aliphatic rings. The number of imide groups is 1. The number of hydrogen-bond acceptors (Lipinski definition) is 3. The van der Waals surface area contributed by atoms with E-state index in [0.29, 0.717) is 11.1 Å². The van der Waals surface area contributed by atoms with E-state index in [0.717, 1.165) is 4.90 Å². The molecule has 0 aliphatic carbocycles. The maximum absolute atomic E-state index is 11.6. The molecule has 4 nitrogen and oxygen atoms in total. The molecular formula is C10H9NO3. The number of amides is 2. The number of rotatable bonds is 0. The predicted molar refractivity (Wildman–Crippen MR) is 48.3 cm³/mol. The normalized spacial score (nSPS) is 19.7. The van der Waals surface area contributed by atoms with Gasteiger partial charge in [-0.3, -0.25) is 9.59 Å². The van der Waals surface area contributed by atoms with Gasteiger partial charge in [0.25, 0.3) is 5.91 Å². The van der Waals surface area contributed by atoms with Gasteiger partial charge in [-0.1, -0.05) is 18.2 Å². The fourth-order valence-electron chi connectivity index (χ4n) is 1.61. The fraction of sp³-hybridized carbons (Fsp3) is 0.200. The van der Waals surface area contributed by atoms with Crippen LogP contribution in [0.15, 0.2) is 24.3 Å². The van der Waals surface area contributed by atoms with E-state index >= 15 is 0 Å². The third kappa shape index (κ3) is 1.04. The quantitative estimate of drug-likeness (QED) is 0.656. The molecule has 2 rings (SSSR count). The summed E-state index contributed by atoms with van der Waals surface area (Å²) in [6.45, 7) is 1.26. The van der Waals surface area contributed by atoms with Gasteiger partial charge in [-0.25, -0.2) is 4.90 Å². The van der Waals surface area contributed by atoms with Crippen molar-refractivity contribution in [3.63, 3.8) is 0 Å². The summed E-state index contributed by atoms with van der Waals surface area (Å²) in [5.41, 5.74) is 0.892. The van der Waals surface area contributed by atoms with Crippen LogP contribution in [0.2, 0.25) is 0 Å². The number of benzene rings is 1. The minimum absolute atomic E-state index is 0.398. The maximum Gasteiger partial charge on any atom is 0.263 e. The molecule has 0 fully saturated rings. The molecule has 0 unspecified atom stereocenters. The summed E-state index contributed by atoms with van der Waals surface area (Å²) in [6, 6.07) is 6.66. The van der Waals surface area contributed by atoms with E-state index in [9.17, 15) is 14.7 Å². The summed E-state index contributed by atoms with van der Waals surface area (Å²) in [6.07, 6.45) is -1.13. The van der Waals surface area contributed by atoms with E-state index in [1.54, 1.807) is 24.3 Å². The molecule has 1 aromatic rings. The van der Waals surface area contributed by atoms with Gasteiger partial charge >= 0.3 is 0 Å². The van der Waals surface area contributed by atoms with Gasteiger partial charge in [0, 0.05) is 18.1 Å². The smallest absolute Gasteiger partial charge is 0.263 e. The molecule has 0 spiro atoms. The van der Waals surface area contributed by atoms with Crippen molar-refractivity contribution in [2.24, 2.45) is 0 Å². The van der Waals surface area contributed by atoms with E-state index in [1.807, 2.05) is 0 Å². The minimum Gasteiger partial charge on any atom is -0.369 e. The molecule has 0 bridgehead atoms. The SMILES string of the molecule is CC(=O)N1C(=O)c2ccccc2[C@H]1O. The zero-order valence-electron chi connectivity index (χ0n) is 7.60. The second-order valence-electron chi connectivity index (χ2n) is 3.16. The Kier molecular flexibility index (Phi) is 1.86. The Bertz CT molecular complexity index is 414. The third-order valence-corrected chi connectivity index (χ3v) is 2.27. The van der Waals surface area contributed by atoms with Crippen molar-refractivity contribution in [2.75, 3.05) is 0 Å². The summed E-state index contributed by atoms with van der Waals surface area (Å²) in [5.74, 6) is -0.876. The maximum atomic E-state index is 11.6. The van der Waals surface area contributed by atoms with Crippen molar-refractivity contribution >= 4 is 11.8 Å². The molecule has 72 valence electrons. The monoisotopic (exact) mass is 191 g/mol. The molecular weight excluding hydrogens is 182 g/mol. The van der Waals surface area contributed by atoms with Crippen molar-refractivity contribution < 1.29 is 14.7 Å². The Hall–Kier alpha value is -1.68. The molecule has 1 aromatic carbocycles. The first-order valence-electron chi connectivity index (χ1n) is 4.24. The molecule has 0 radical (unpaired) electrons. The van der Waals surface area contributed by atoms with E-state index in [2.05, 4.69) is 0 Å². The largest absolute Gasteiger partial charge is 0.369 e. The standard InChI is InChI=1S/C10H9NO3/c1-6(12)11-9(13)7-4-2-3-5-8(7)10(11)14/h2-5,9,13H,1H3/t9-/m1/s1. The first kappa shape index (κ1) is 8.90. The van der Waals surface area contributed by atoms with E-state index < -0.39 is 18.0 Å². The number of nitrogens with zero attached hydrogens (tertiary/aromatic N) is 1. The van der Waals surface area contributed by atoms with Crippen LogP contribution in [0.3, 0.4) is 0 Å². The lowest BCUT2D eigenvalue weighted by Gasteiger charge is -2.15. The Balaban J connectivity index is 2.53. The number of fused-ring (bicyclic) bond motifs is 1. The van der Waals surface area contributed by atoms with Crippen molar-refractivity contribution in [2.45, 2.75) is 13.2 Å². The predicted octanol–water partition coefficient (Wildman–Crippen LogP) is 0.680. The molecule has 4 heteroatoms. The van der Waals surface area contributed by atoms with Crippen molar-refractivity contribution in [3.05, 3.63) is 35.4 Å². The lowest BCUT2D eigenvalue weighted by Crippen LogP contribution is -2.32. The molecule has 2 amide bonds. The van der Waals surface area contributed by atoms with Gasteiger partial charge in [-0.15, -0.1) is 0 Å². The van der Waals surface area contributed by atoms with Crippen LogP contribution in [0.5, 0.6) is 0 Å². The van der Waals surface area contributed by atoms with E-state index in [1.165, 1.54) is 6.92 Å². The summed E-state index contributed by atoms with van der Waals surface area (Å²) in [5, 5.41) is 9.67. The van der Waals surface area contributed by atoms with Crippen LogP contribution in [0.1, 0.15) is 29.1 Å². The average Bonchev–Trinajstić information content (AvgIpc) is 2.41. The van der Waals surface area contributed by atoms with Crippen LogP contribution in [0.25, 0.3) is 0 Å². The number of aliphatic hydroxyl groups is 1. The lowest BCUT2D eigenvalue weighted by molar-refractivity contribution is -0.133. The van der Waals surface area contributed by atoms with Crippen LogP contribution >= 0.6 is 0 Å². The first-order chi connectivity index (χ1) is 6.63. The van der Waals surface area contributed by atoms with Gasteiger partial charge in [-0.2, -0.15) is 0 Å². The molecule has 1 N–H and O–H groups in total. The van der Waals surface area contributed by atoms with Crippen LogP contribution in [-0.2, 0) is 4.79 Å². The molecule has 1 atom stereocenters. The number of hydrogen-bond donors (Lipinski definition) is 1. The Morgan fingerprint density at radius 3 is 2.64 bits per heavy atom. The summed E-state index contributed by atoms with van der Waals surface area (Å²) in [7, 11) is 0. The number of carbonyl (C=O) groups excluding carboxylic acids is 2. The van der Waals surface area contributed by atoms with Crippen LogP contribution in [0.4, 0.5) is 0 Å². The second-order valence-corrected chi connectivity index (χ2v) is 3.16. The molecule has 0 saturated carbocycles. The van der Waals surface area contributed by atoms with Crippen LogP contribution in [0, 0.1) is 0 Å².